The van der Waals surface area contributed by atoms with Crippen molar-refractivity contribution in [2.24, 2.45) is 0 Å². The molecule has 0 amide bonds. The molecule has 0 aromatic heterocycles. The van der Waals surface area contributed by atoms with Crippen molar-refractivity contribution < 1.29 is 28.6 Å². The average Bonchev–Trinajstić information content (AvgIpc) is 3.28. The lowest BCUT2D eigenvalue weighted by molar-refractivity contribution is -0.167. The Morgan fingerprint density at radius 1 is 0.317 bits per heavy atom. The molecule has 0 radical (unpaired) electrons. The van der Waals surface area contributed by atoms with Gasteiger partial charge in [-0.3, -0.25) is 14.4 Å². The number of rotatable bonds is 50. The number of allylic oxidation sites excluding steroid dienone is 6. The largest absolute Gasteiger partial charge is 0.462 e. The molecule has 0 aliphatic rings. The Morgan fingerprint density at radius 3 is 0.889 bits per heavy atom. The maximum absolute atomic E-state index is 12.7. The minimum absolute atomic E-state index is 0.0685. The molecule has 63 heavy (non-hydrogen) atoms. The summed E-state index contributed by atoms with van der Waals surface area (Å²) in [7, 11) is 0. The van der Waals surface area contributed by atoms with Crippen LogP contribution in [0.3, 0.4) is 0 Å². The highest BCUT2D eigenvalue weighted by atomic mass is 16.6. The Hall–Kier alpha value is -2.37. The van der Waals surface area contributed by atoms with Gasteiger partial charge in [0.25, 0.3) is 0 Å². The van der Waals surface area contributed by atoms with Gasteiger partial charge in [-0.1, -0.05) is 250 Å². The van der Waals surface area contributed by atoms with E-state index in [1.807, 2.05) is 0 Å². The van der Waals surface area contributed by atoms with E-state index in [1.165, 1.54) is 180 Å². The lowest BCUT2D eigenvalue weighted by atomic mass is 10.0. The second kappa shape index (κ2) is 52.3. The molecule has 0 saturated carbocycles. The minimum Gasteiger partial charge on any atom is -0.462 e. The molecule has 0 heterocycles. The fraction of sp³-hybridized carbons (Fsp3) is 0.842. The molecular weight excluding hydrogens is 781 g/mol. The molecule has 0 rings (SSSR count). The van der Waals surface area contributed by atoms with E-state index in [9.17, 15) is 14.4 Å². The molecule has 368 valence electrons. The molecule has 0 aliphatic carbocycles. The van der Waals surface area contributed by atoms with Gasteiger partial charge in [0.15, 0.2) is 6.10 Å². The molecule has 0 bridgehead atoms. The van der Waals surface area contributed by atoms with Crippen molar-refractivity contribution in [3.05, 3.63) is 36.5 Å². The molecule has 0 aromatic rings. The van der Waals surface area contributed by atoms with E-state index < -0.39 is 6.10 Å². The van der Waals surface area contributed by atoms with E-state index in [4.69, 9.17) is 14.2 Å². The Morgan fingerprint density at radius 2 is 0.571 bits per heavy atom. The van der Waals surface area contributed by atoms with Gasteiger partial charge in [-0.2, -0.15) is 0 Å². The van der Waals surface area contributed by atoms with Crippen LogP contribution in [0, 0.1) is 0 Å². The van der Waals surface area contributed by atoms with Gasteiger partial charge >= 0.3 is 17.9 Å². The van der Waals surface area contributed by atoms with E-state index in [2.05, 4.69) is 57.2 Å². The molecule has 0 spiro atoms. The van der Waals surface area contributed by atoms with E-state index in [0.717, 1.165) is 70.6 Å². The predicted molar refractivity (Wildman–Crippen MR) is 270 cm³/mol. The summed E-state index contributed by atoms with van der Waals surface area (Å²) in [5.74, 6) is -0.869. The third-order valence-corrected chi connectivity index (χ3v) is 12.1. The monoisotopic (exact) mass is 885 g/mol. The first kappa shape index (κ1) is 60.6. The molecule has 0 N–H and O–H groups in total. The molecule has 1 atom stereocenters. The standard InChI is InChI=1S/C57H104O6/c1-4-7-10-13-16-18-19-20-21-22-23-24-25-26-27-28-29-30-31-32-33-34-35-36-37-39-41-44-47-50-56(59)62-53-54(52-61-55(58)49-46-43-40-15-12-9-6-3)63-57(60)51-48-45-42-38-17-14-11-8-5-2/h19-20,22-23,25-26,54H,4-18,21,24,27-53H2,1-3H3/b20-19-,23-22-,26-25-. The van der Waals surface area contributed by atoms with Gasteiger partial charge in [-0.25, -0.2) is 0 Å². The normalized spacial score (nSPS) is 12.2. The number of esters is 3. The summed E-state index contributed by atoms with van der Waals surface area (Å²) in [6, 6.07) is 0. The van der Waals surface area contributed by atoms with Crippen LogP contribution < -0.4 is 0 Å². The van der Waals surface area contributed by atoms with Crippen molar-refractivity contribution in [1.82, 2.24) is 0 Å². The molecule has 0 aliphatic heterocycles. The van der Waals surface area contributed by atoms with Crippen molar-refractivity contribution in [3.8, 4) is 0 Å². The lowest BCUT2D eigenvalue weighted by Gasteiger charge is -2.18. The highest BCUT2D eigenvalue weighted by molar-refractivity contribution is 5.71. The summed E-state index contributed by atoms with van der Waals surface area (Å²) in [5, 5.41) is 0. The van der Waals surface area contributed by atoms with Crippen LogP contribution in [0.1, 0.15) is 290 Å². The van der Waals surface area contributed by atoms with Gasteiger partial charge in [-0.05, 0) is 57.8 Å². The number of hydrogen-bond donors (Lipinski definition) is 0. The van der Waals surface area contributed by atoms with Gasteiger partial charge in [-0.15, -0.1) is 0 Å². The molecule has 0 fully saturated rings. The summed E-state index contributed by atoms with van der Waals surface area (Å²) in [4.78, 5) is 37.7. The van der Waals surface area contributed by atoms with Crippen LogP contribution in [0.5, 0.6) is 0 Å². The van der Waals surface area contributed by atoms with Gasteiger partial charge in [0.05, 0.1) is 0 Å². The number of carbonyl (C=O) groups excluding carboxylic acids is 3. The number of hydrogen-bond acceptors (Lipinski definition) is 6. The topological polar surface area (TPSA) is 78.9 Å². The van der Waals surface area contributed by atoms with Crippen molar-refractivity contribution in [1.29, 1.82) is 0 Å². The molecular formula is C57H104O6. The average molecular weight is 885 g/mol. The summed E-state index contributed by atoms with van der Waals surface area (Å²) in [5.41, 5.74) is 0. The van der Waals surface area contributed by atoms with Gasteiger partial charge in [0.2, 0.25) is 0 Å². The van der Waals surface area contributed by atoms with Gasteiger partial charge < -0.3 is 14.2 Å². The second-order valence-corrected chi connectivity index (χ2v) is 18.5. The van der Waals surface area contributed by atoms with Gasteiger partial charge in [0, 0.05) is 19.3 Å². The minimum atomic E-state index is -0.763. The zero-order valence-electron chi connectivity index (χ0n) is 42.1. The van der Waals surface area contributed by atoms with E-state index >= 15 is 0 Å². The van der Waals surface area contributed by atoms with Crippen LogP contribution >= 0.6 is 0 Å². The van der Waals surface area contributed by atoms with E-state index in [1.54, 1.807) is 0 Å². The fourth-order valence-corrected chi connectivity index (χ4v) is 7.98. The molecule has 6 nitrogen and oxygen atoms in total. The second-order valence-electron chi connectivity index (χ2n) is 18.5. The highest BCUT2D eigenvalue weighted by Gasteiger charge is 2.19. The first-order valence-corrected chi connectivity index (χ1v) is 27.5. The van der Waals surface area contributed by atoms with Crippen LogP contribution in [0.25, 0.3) is 0 Å². The number of unbranched alkanes of at least 4 members (excludes halogenated alkanes) is 33. The third kappa shape index (κ3) is 50.5. The van der Waals surface area contributed by atoms with Crippen LogP contribution in [-0.4, -0.2) is 37.2 Å². The first-order valence-electron chi connectivity index (χ1n) is 27.5. The third-order valence-electron chi connectivity index (χ3n) is 12.1. The molecule has 1 unspecified atom stereocenters. The fourth-order valence-electron chi connectivity index (χ4n) is 7.98. The van der Waals surface area contributed by atoms with Crippen LogP contribution in [0.15, 0.2) is 36.5 Å². The Bertz CT molecular complexity index is 1060. The number of ether oxygens (including phenoxy) is 3. The van der Waals surface area contributed by atoms with Gasteiger partial charge in [0.1, 0.15) is 13.2 Å². The summed E-state index contributed by atoms with van der Waals surface area (Å²) >= 11 is 0. The maximum Gasteiger partial charge on any atom is 0.306 e. The molecule has 6 heteroatoms. The van der Waals surface area contributed by atoms with Crippen molar-refractivity contribution in [3.63, 3.8) is 0 Å². The van der Waals surface area contributed by atoms with Crippen LogP contribution in [-0.2, 0) is 28.6 Å². The summed E-state index contributed by atoms with van der Waals surface area (Å²) < 4.78 is 16.7. The Kier molecular flexibility index (Phi) is 50.3. The Labute approximate surface area is 391 Å². The zero-order valence-corrected chi connectivity index (χ0v) is 42.1. The maximum atomic E-state index is 12.7. The van der Waals surface area contributed by atoms with E-state index in [-0.39, 0.29) is 31.1 Å². The van der Waals surface area contributed by atoms with Crippen molar-refractivity contribution >= 4 is 17.9 Å². The molecule has 0 aromatic carbocycles. The van der Waals surface area contributed by atoms with Crippen molar-refractivity contribution in [2.45, 2.75) is 297 Å². The SMILES string of the molecule is CCCCCCC/C=C\C/C=C\C/C=C\CCCCCCCCCCCCCCCCC(=O)OCC(COC(=O)CCCCCCCCC)OC(=O)CCCCCCCCCCC. The quantitative estimate of drug-likeness (QED) is 0.0262. The summed E-state index contributed by atoms with van der Waals surface area (Å²) in [6.07, 6.45) is 61.8. The van der Waals surface area contributed by atoms with Crippen molar-refractivity contribution in [2.75, 3.05) is 13.2 Å². The zero-order chi connectivity index (χ0) is 45.8. The predicted octanol–water partition coefficient (Wildman–Crippen LogP) is 18.1. The summed E-state index contributed by atoms with van der Waals surface area (Å²) in [6.45, 7) is 6.58. The highest BCUT2D eigenvalue weighted by Crippen LogP contribution is 2.16. The molecule has 0 saturated heterocycles. The van der Waals surface area contributed by atoms with Crippen LogP contribution in [0.4, 0.5) is 0 Å². The lowest BCUT2D eigenvalue weighted by Crippen LogP contribution is -2.30. The smallest absolute Gasteiger partial charge is 0.306 e. The Balaban J connectivity index is 3.97. The number of carbonyl (C=O) groups is 3. The van der Waals surface area contributed by atoms with E-state index in [0.29, 0.717) is 19.3 Å². The first-order chi connectivity index (χ1) is 31.0. The van der Waals surface area contributed by atoms with Crippen LogP contribution in [0.2, 0.25) is 0 Å².